The summed E-state index contributed by atoms with van der Waals surface area (Å²) in [5, 5.41) is 17.1. The van der Waals surface area contributed by atoms with Gasteiger partial charge in [0.1, 0.15) is 0 Å². The molecule has 0 aliphatic heterocycles. The Balaban J connectivity index is 0.000000156. The Hall–Kier alpha value is -7.94. The van der Waals surface area contributed by atoms with Gasteiger partial charge in [0.25, 0.3) is 0 Å². The number of alkyl halides is 2. The molecular formula is C133H184F2. The van der Waals surface area contributed by atoms with Gasteiger partial charge in [-0.2, -0.15) is 0 Å². The van der Waals surface area contributed by atoms with Gasteiger partial charge in [0.05, 0.1) is 0 Å². The Morgan fingerprint density at radius 2 is 0.467 bits per heavy atom. The summed E-state index contributed by atoms with van der Waals surface area (Å²) >= 11 is 0. The van der Waals surface area contributed by atoms with Crippen molar-refractivity contribution in [2.45, 2.75) is 457 Å². The van der Waals surface area contributed by atoms with E-state index in [-0.39, 0.29) is 56.7 Å². The minimum atomic E-state index is -2.47. The summed E-state index contributed by atoms with van der Waals surface area (Å²) in [6.45, 7) is 84.2. The molecule has 0 spiro atoms. The van der Waals surface area contributed by atoms with Crippen molar-refractivity contribution in [3.63, 3.8) is 0 Å². The normalized spacial score (nSPS) is 17.2. The minimum Gasteiger partial charge on any atom is -0.207 e. The number of hydrogen-bond acceptors (Lipinski definition) is 0. The molecule has 0 saturated heterocycles. The Bertz CT molecular complexity index is 5900. The van der Waals surface area contributed by atoms with Crippen molar-refractivity contribution in [2.24, 2.45) is 16.2 Å². The molecule has 12 aromatic carbocycles. The highest BCUT2D eigenvalue weighted by atomic mass is 19.3. The highest BCUT2D eigenvalue weighted by Gasteiger charge is 2.42. The van der Waals surface area contributed by atoms with Crippen molar-refractivity contribution in [3.05, 3.63) is 282 Å². The van der Waals surface area contributed by atoms with Crippen molar-refractivity contribution in [3.8, 4) is 0 Å². The van der Waals surface area contributed by atoms with Gasteiger partial charge in [-0.05, 0) is 392 Å². The zero-order valence-electron chi connectivity index (χ0n) is 92.2. The molecule has 0 aromatic heterocycles. The first-order valence-corrected chi connectivity index (χ1v) is 53.4. The van der Waals surface area contributed by atoms with Crippen molar-refractivity contribution in [1.82, 2.24) is 0 Å². The number of benzene rings is 12. The second-order valence-corrected chi connectivity index (χ2v) is 51.6. The molecule has 0 radical (unpaired) electrons. The van der Waals surface area contributed by atoms with Crippen LogP contribution >= 0.6 is 0 Å². The zero-order chi connectivity index (χ0) is 99.7. The van der Waals surface area contributed by atoms with E-state index in [1.165, 1.54) is 252 Å². The van der Waals surface area contributed by atoms with Crippen molar-refractivity contribution in [2.75, 3.05) is 0 Å². The van der Waals surface area contributed by atoms with Crippen molar-refractivity contribution < 1.29 is 8.78 Å². The lowest BCUT2D eigenvalue weighted by Gasteiger charge is -2.45. The fraction of sp³-hybridized carbons (Fsp3) is 0.549. The van der Waals surface area contributed by atoms with E-state index in [2.05, 4.69) is 431 Å². The third kappa shape index (κ3) is 24.6. The van der Waals surface area contributed by atoms with Gasteiger partial charge in [0.2, 0.25) is 5.92 Å². The molecular weight excluding hydrogens is 1640 g/mol. The summed E-state index contributed by atoms with van der Waals surface area (Å²) in [5.41, 5.74) is 29.6. The largest absolute Gasteiger partial charge is 0.248 e. The first-order chi connectivity index (χ1) is 62.8. The molecule has 4 aliphatic carbocycles. The zero-order valence-corrected chi connectivity index (χ0v) is 92.2. The van der Waals surface area contributed by atoms with Crippen LogP contribution in [-0.2, 0) is 43.3 Å². The lowest BCUT2D eigenvalue weighted by atomic mass is 9.59. The first-order valence-electron chi connectivity index (χ1n) is 53.4. The number of fused-ring (bicyclic) bond motifs is 6. The van der Waals surface area contributed by atoms with E-state index < -0.39 is 5.92 Å². The molecule has 0 atom stereocenters. The molecule has 4 fully saturated rings. The Morgan fingerprint density at radius 1 is 0.244 bits per heavy atom. The second kappa shape index (κ2) is 41.8. The molecule has 0 bridgehead atoms. The van der Waals surface area contributed by atoms with Gasteiger partial charge in [-0.15, -0.1) is 0 Å². The topological polar surface area (TPSA) is 0 Å². The average molecular weight is 1820 g/mol. The number of hydrogen-bond donors (Lipinski definition) is 0. The quantitative estimate of drug-likeness (QED) is 0.121. The summed E-state index contributed by atoms with van der Waals surface area (Å²) in [6, 6.07) is 68.4. The van der Waals surface area contributed by atoms with Crippen LogP contribution < -0.4 is 0 Å². The molecule has 2 heteroatoms. The standard InChI is InChI=1S/C25H36.C23H32.C22H32.C21H26F2.C21H28.C21H30/c1-17-19-11-9-10-12-20(19)21(13-22(17)23(2,3)4)18-14-24(5,6)16-25(7,8)15-18;1-16-18-9-7-8-10-19(18)20(15-21(16)22(2,3)4)17-11-13-23(5,6)14-12-17;1-8-22(9-2,10-3)20-15-19(21(5,6)7)16(4)17-13-11-12-14-18(17)20;1-14-16-7-5-6-8-17(16)18(13-19(14)20(2,3)4)15-9-11-21(22,23)12-10-15;1-15-17-12-8-9-13-18(17)19(14-20(15)21(2,3)4)16-10-6-5-7-11-16;1-8-21(7,9-2)19-14-18(20(4,5)6)15(3)16-12-10-11-13-17(16)19/h9-13,18H,14-16H2,1-8H3;7-10,15,17H,11-14H2,1-6H3;11-15H,8-10H2,1-7H3;5-8,13,15H,9-12H2,1-4H3;8-9,12-14,16H,5-7,10-11H2,1-4H3;10-14H,8-9H2,1-7H3. The van der Waals surface area contributed by atoms with Crippen LogP contribution in [0.3, 0.4) is 0 Å². The van der Waals surface area contributed by atoms with Crippen LogP contribution in [0.4, 0.5) is 8.78 Å². The summed E-state index contributed by atoms with van der Waals surface area (Å²) in [6.07, 6.45) is 23.5. The third-order valence-electron chi connectivity index (χ3n) is 33.6. The van der Waals surface area contributed by atoms with Gasteiger partial charge in [0.15, 0.2) is 0 Å². The molecule has 0 nitrogen and oxygen atoms in total. The fourth-order valence-corrected chi connectivity index (χ4v) is 25.7. The molecule has 0 amide bonds. The van der Waals surface area contributed by atoms with Crippen LogP contribution in [0.5, 0.6) is 0 Å². The molecule has 16 rings (SSSR count). The minimum absolute atomic E-state index is 0.0186. The number of rotatable bonds is 11. The van der Waals surface area contributed by atoms with Gasteiger partial charge in [-0.3, -0.25) is 0 Å². The maximum absolute atomic E-state index is 13.5. The molecule has 0 heterocycles. The van der Waals surface area contributed by atoms with Gasteiger partial charge in [-0.25, -0.2) is 8.78 Å². The van der Waals surface area contributed by atoms with E-state index in [0.717, 1.165) is 11.8 Å². The highest BCUT2D eigenvalue weighted by Crippen LogP contribution is 2.56. The maximum Gasteiger partial charge on any atom is 0.248 e. The van der Waals surface area contributed by atoms with Crippen molar-refractivity contribution in [1.29, 1.82) is 0 Å². The maximum atomic E-state index is 13.5. The van der Waals surface area contributed by atoms with Crippen LogP contribution in [0.1, 0.15) is 466 Å². The van der Waals surface area contributed by atoms with Gasteiger partial charge >= 0.3 is 0 Å². The van der Waals surface area contributed by atoms with E-state index in [1.54, 1.807) is 22.3 Å². The van der Waals surface area contributed by atoms with Crippen LogP contribution in [0.2, 0.25) is 0 Å². The summed E-state index contributed by atoms with van der Waals surface area (Å²) in [5.74, 6) is -0.0596. The predicted molar refractivity (Wildman–Crippen MR) is 596 cm³/mol. The molecule has 730 valence electrons. The molecule has 4 aliphatic rings. The Kier molecular flexibility index (Phi) is 33.3. The summed E-state index contributed by atoms with van der Waals surface area (Å²) in [4.78, 5) is 0. The Morgan fingerprint density at radius 3 is 0.733 bits per heavy atom. The lowest BCUT2D eigenvalue weighted by Crippen LogP contribution is -2.33. The highest BCUT2D eigenvalue weighted by molar-refractivity contribution is 5.95. The summed E-state index contributed by atoms with van der Waals surface area (Å²) in [7, 11) is 0. The summed E-state index contributed by atoms with van der Waals surface area (Å²) < 4.78 is 27.1. The second-order valence-electron chi connectivity index (χ2n) is 51.6. The molecule has 0 N–H and O–H groups in total. The molecule has 0 unspecified atom stereocenters. The van der Waals surface area contributed by atoms with Crippen LogP contribution in [0.15, 0.2) is 182 Å². The van der Waals surface area contributed by atoms with E-state index in [4.69, 9.17) is 0 Å². The molecule has 12 aromatic rings. The molecule has 4 saturated carbocycles. The SMILES string of the molecule is CCC(C)(CC)c1cc(C(C)(C)C)c(C)c2ccccc12.CCC(CC)(CC)c1cc(C(C)(C)C)c(C)c2ccccc12.Cc1c(C(C)(C)C)cc(C2CC(C)(C)CC(C)(C)C2)c2ccccc12.Cc1c(C(C)(C)C)cc(C2CCC(C)(C)CC2)c2ccccc12.Cc1c(C(C)(C)C)cc(C2CCC(F)(F)CC2)c2ccccc12.Cc1c(C(C)(C)C)cc(C2CCCCC2)c2ccccc12. The fourth-order valence-electron chi connectivity index (χ4n) is 25.7. The monoisotopic (exact) mass is 1820 g/mol. The Labute approximate surface area is 823 Å². The third-order valence-corrected chi connectivity index (χ3v) is 33.6. The van der Waals surface area contributed by atoms with Crippen LogP contribution in [-0.4, -0.2) is 5.92 Å². The average Bonchev–Trinajstić information content (AvgIpc) is 0.748. The van der Waals surface area contributed by atoms with Gasteiger partial charge in [0, 0.05) is 12.8 Å². The first kappa shape index (κ1) is 107. The van der Waals surface area contributed by atoms with E-state index >= 15 is 0 Å². The van der Waals surface area contributed by atoms with Crippen LogP contribution in [0.25, 0.3) is 64.6 Å². The van der Waals surface area contributed by atoms with Gasteiger partial charge < -0.3 is 0 Å². The van der Waals surface area contributed by atoms with E-state index in [0.29, 0.717) is 40.4 Å². The predicted octanol–water partition coefficient (Wildman–Crippen LogP) is 41.6. The van der Waals surface area contributed by atoms with E-state index in [1.807, 2.05) is 0 Å². The van der Waals surface area contributed by atoms with Gasteiger partial charge in [-0.1, -0.05) is 409 Å². The number of halogens is 2. The van der Waals surface area contributed by atoms with Crippen molar-refractivity contribution >= 4 is 64.6 Å². The number of aryl methyl sites for hydroxylation is 6. The van der Waals surface area contributed by atoms with E-state index in [9.17, 15) is 8.78 Å². The lowest BCUT2D eigenvalue weighted by molar-refractivity contribution is -0.0381. The van der Waals surface area contributed by atoms with Crippen LogP contribution in [0, 0.1) is 57.8 Å². The smallest absolute Gasteiger partial charge is 0.207 e. The molecule has 135 heavy (non-hydrogen) atoms.